The van der Waals surface area contributed by atoms with Crippen molar-refractivity contribution in [1.29, 1.82) is 0 Å². The number of ether oxygens (including phenoxy) is 1. The smallest absolute Gasteiger partial charge is 0.339 e. The molecular formula is C7H10O3. The van der Waals surface area contributed by atoms with Crippen molar-refractivity contribution in [2.75, 3.05) is 6.61 Å². The highest BCUT2D eigenvalue weighted by Crippen LogP contribution is 2.17. The van der Waals surface area contributed by atoms with Crippen molar-refractivity contribution in [2.45, 2.75) is 18.9 Å². The number of hydrogen-bond donors (Lipinski definition) is 1. The van der Waals surface area contributed by atoms with Crippen LogP contribution in [0.25, 0.3) is 0 Å². The maximum atomic E-state index is 10.5. The maximum Gasteiger partial charge on any atom is 0.339 e. The molecule has 1 unspecified atom stereocenters. The molecule has 1 N–H and O–H groups in total. The molecule has 1 atom stereocenters. The number of carboxylic acids is 1. The van der Waals surface area contributed by atoms with Crippen molar-refractivity contribution in [1.82, 2.24) is 0 Å². The summed E-state index contributed by atoms with van der Waals surface area (Å²) in [7, 11) is 0. The molecule has 10 heavy (non-hydrogen) atoms. The van der Waals surface area contributed by atoms with Crippen LogP contribution >= 0.6 is 0 Å². The van der Waals surface area contributed by atoms with Gasteiger partial charge in [0.25, 0.3) is 0 Å². The Bertz CT molecular complexity index is 174. The summed E-state index contributed by atoms with van der Waals surface area (Å²) >= 11 is 0. The molecule has 0 amide bonds. The van der Waals surface area contributed by atoms with Gasteiger partial charge in [-0.3, -0.25) is 0 Å². The van der Waals surface area contributed by atoms with Crippen LogP contribution in [0.3, 0.4) is 0 Å². The molecule has 1 rings (SSSR count). The topological polar surface area (TPSA) is 46.5 Å². The van der Waals surface area contributed by atoms with E-state index in [4.69, 9.17) is 9.84 Å². The van der Waals surface area contributed by atoms with E-state index in [1.807, 2.05) is 6.08 Å². The summed E-state index contributed by atoms with van der Waals surface area (Å²) in [6.07, 6.45) is 4.22. The van der Waals surface area contributed by atoms with Crippen LogP contribution in [0.5, 0.6) is 0 Å². The van der Waals surface area contributed by atoms with E-state index in [-0.39, 0.29) is 0 Å². The Balaban J connectivity index is 2.75. The normalized spacial score (nSPS) is 32.1. The van der Waals surface area contributed by atoms with Gasteiger partial charge in [-0.1, -0.05) is 6.08 Å². The van der Waals surface area contributed by atoms with Gasteiger partial charge >= 0.3 is 5.97 Å². The lowest BCUT2D eigenvalue weighted by Crippen LogP contribution is -2.38. The van der Waals surface area contributed by atoms with Crippen molar-refractivity contribution in [3.05, 3.63) is 12.2 Å². The highest BCUT2D eigenvalue weighted by Gasteiger charge is 2.32. The van der Waals surface area contributed by atoms with Gasteiger partial charge in [0.2, 0.25) is 0 Å². The fourth-order valence-electron chi connectivity index (χ4n) is 0.828. The molecule has 0 aliphatic carbocycles. The highest BCUT2D eigenvalue weighted by molar-refractivity contribution is 5.79. The number of aliphatic carboxylic acids is 1. The van der Waals surface area contributed by atoms with Gasteiger partial charge in [-0.25, -0.2) is 4.79 Å². The average molecular weight is 142 g/mol. The van der Waals surface area contributed by atoms with E-state index >= 15 is 0 Å². The fourth-order valence-corrected chi connectivity index (χ4v) is 0.828. The lowest BCUT2D eigenvalue weighted by atomic mass is 10.0. The summed E-state index contributed by atoms with van der Waals surface area (Å²) in [6, 6.07) is 0. The average Bonchev–Trinajstić information content (AvgIpc) is 1.89. The molecule has 56 valence electrons. The van der Waals surface area contributed by atoms with Crippen LogP contribution in [0.4, 0.5) is 0 Å². The lowest BCUT2D eigenvalue weighted by molar-refractivity contribution is -0.158. The van der Waals surface area contributed by atoms with Crippen LogP contribution in [0, 0.1) is 0 Å². The molecule has 3 heteroatoms. The minimum absolute atomic E-state index is 0.499. The Labute approximate surface area is 59.3 Å². The van der Waals surface area contributed by atoms with Crippen LogP contribution < -0.4 is 0 Å². The second-order valence-electron chi connectivity index (χ2n) is 2.45. The van der Waals surface area contributed by atoms with E-state index in [0.717, 1.165) is 6.42 Å². The Hall–Kier alpha value is -0.830. The third-order valence-electron chi connectivity index (χ3n) is 1.55. The first-order valence-corrected chi connectivity index (χ1v) is 3.20. The van der Waals surface area contributed by atoms with Gasteiger partial charge in [-0.2, -0.15) is 0 Å². The Morgan fingerprint density at radius 3 is 2.80 bits per heavy atom. The summed E-state index contributed by atoms with van der Waals surface area (Å²) in [5.41, 5.74) is -1.09. The third-order valence-corrected chi connectivity index (χ3v) is 1.55. The quantitative estimate of drug-likeness (QED) is 0.551. The van der Waals surface area contributed by atoms with E-state index in [9.17, 15) is 4.79 Å². The van der Waals surface area contributed by atoms with E-state index in [1.54, 1.807) is 13.0 Å². The van der Waals surface area contributed by atoms with Gasteiger partial charge < -0.3 is 9.84 Å². The van der Waals surface area contributed by atoms with Gasteiger partial charge in [0.15, 0.2) is 5.60 Å². The molecule has 3 nitrogen and oxygen atoms in total. The van der Waals surface area contributed by atoms with E-state index in [2.05, 4.69) is 0 Å². The Kier molecular flexibility index (Phi) is 1.76. The molecule has 0 aromatic rings. The number of carboxylic acid groups (broad SMARTS) is 1. The second-order valence-corrected chi connectivity index (χ2v) is 2.45. The molecule has 0 aromatic heterocycles. The molecule has 0 saturated heterocycles. The summed E-state index contributed by atoms with van der Waals surface area (Å²) in [4.78, 5) is 10.5. The number of carbonyl (C=O) groups is 1. The molecule has 0 bridgehead atoms. The van der Waals surface area contributed by atoms with E-state index in [1.165, 1.54) is 0 Å². The fraction of sp³-hybridized carbons (Fsp3) is 0.571. The van der Waals surface area contributed by atoms with Crippen LogP contribution in [0.1, 0.15) is 13.3 Å². The van der Waals surface area contributed by atoms with Gasteiger partial charge in [-0.15, -0.1) is 0 Å². The molecule has 1 aliphatic rings. The molecule has 0 spiro atoms. The molecule has 1 aliphatic heterocycles. The van der Waals surface area contributed by atoms with E-state index < -0.39 is 11.6 Å². The van der Waals surface area contributed by atoms with Crippen molar-refractivity contribution >= 4 is 5.97 Å². The van der Waals surface area contributed by atoms with Crippen molar-refractivity contribution in [3.8, 4) is 0 Å². The zero-order valence-electron chi connectivity index (χ0n) is 5.83. The number of hydrogen-bond acceptors (Lipinski definition) is 2. The lowest BCUT2D eigenvalue weighted by Gasteiger charge is -2.24. The van der Waals surface area contributed by atoms with Crippen LogP contribution in [0.2, 0.25) is 0 Å². The van der Waals surface area contributed by atoms with Crippen LogP contribution in [-0.2, 0) is 9.53 Å². The first kappa shape index (κ1) is 7.28. The highest BCUT2D eigenvalue weighted by atomic mass is 16.5. The summed E-state index contributed by atoms with van der Waals surface area (Å²) in [5.74, 6) is -0.927. The molecule has 0 fully saturated rings. The molecule has 0 saturated carbocycles. The Morgan fingerprint density at radius 1 is 1.80 bits per heavy atom. The predicted molar refractivity (Wildman–Crippen MR) is 35.7 cm³/mol. The molecule has 0 radical (unpaired) electrons. The van der Waals surface area contributed by atoms with Gasteiger partial charge in [-0.05, 0) is 19.4 Å². The standard InChI is InChI=1S/C7H10O3/c1-7(6(8)9)4-2-3-5-10-7/h2,4H,3,5H2,1H3,(H,8,9). The monoisotopic (exact) mass is 142 g/mol. The first-order chi connectivity index (χ1) is 4.65. The summed E-state index contributed by atoms with van der Waals surface area (Å²) < 4.78 is 5.04. The van der Waals surface area contributed by atoms with Crippen LogP contribution in [0.15, 0.2) is 12.2 Å². The van der Waals surface area contributed by atoms with Gasteiger partial charge in [0.05, 0.1) is 6.61 Å². The predicted octanol–water partition coefficient (Wildman–Crippen LogP) is 0.806. The Morgan fingerprint density at radius 2 is 2.50 bits per heavy atom. The summed E-state index contributed by atoms with van der Waals surface area (Å²) in [6.45, 7) is 2.05. The SMILES string of the molecule is CC1(C(=O)O)C=CCCO1. The zero-order valence-corrected chi connectivity index (χ0v) is 5.83. The molecular weight excluding hydrogens is 132 g/mol. The van der Waals surface area contributed by atoms with Crippen molar-refractivity contribution < 1.29 is 14.6 Å². The minimum atomic E-state index is -1.09. The molecule has 0 aromatic carbocycles. The largest absolute Gasteiger partial charge is 0.479 e. The van der Waals surface area contributed by atoms with Crippen LogP contribution in [-0.4, -0.2) is 23.3 Å². The van der Waals surface area contributed by atoms with Gasteiger partial charge in [0, 0.05) is 0 Å². The molecule has 1 heterocycles. The zero-order chi connectivity index (χ0) is 7.61. The van der Waals surface area contributed by atoms with Crippen molar-refractivity contribution in [2.24, 2.45) is 0 Å². The summed E-state index contributed by atoms with van der Waals surface area (Å²) in [5, 5.41) is 8.62. The first-order valence-electron chi connectivity index (χ1n) is 3.20. The van der Waals surface area contributed by atoms with Gasteiger partial charge in [0.1, 0.15) is 0 Å². The third kappa shape index (κ3) is 1.19. The minimum Gasteiger partial charge on any atom is -0.479 e. The second kappa shape index (κ2) is 2.42. The van der Waals surface area contributed by atoms with Crippen molar-refractivity contribution in [3.63, 3.8) is 0 Å². The number of rotatable bonds is 1. The van der Waals surface area contributed by atoms with E-state index in [0.29, 0.717) is 6.61 Å². The maximum absolute atomic E-state index is 10.5.